The normalized spacial score (nSPS) is 17.2. The average Bonchev–Trinajstić information content (AvgIpc) is 2.13. The molecule has 5 heteroatoms. The summed E-state index contributed by atoms with van der Waals surface area (Å²) in [5.41, 5.74) is -0.721. The van der Waals surface area contributed by atoms with Crippen molar-refractivity contribution in [3.05, 3.63) is 23.3 Å². The molecule has 1 aromatic rings. The smallest absolute Gasteiger partial charge is 0.339 e. The van der Waals surface area contributed by atoms with Crippen LogP contribution in [-0.2, 0) is 0 Å². The van der Waals surface area contributed by atoms with Crippen molar-refractivity contribution in [2.45, 2.75) is 25.9 Å². The number of benzene rings is 1. The molecule has 0 atom stereocenters. The summed E-state index contributed by atoms with van der Waals surface area (Å²) < 4.78 is 5.53. The predicted octanol–water partition coefficient (Wildman–Crippen LogP) is 1.83. The summed E-state index contributed by atoms with van der Waals surface area (Å²) in [6, 6.07) is 2.34. The Kier molecular flexibility index (Phi) is 2.34. The second-order valence-electron chi connectivity index (χ2n) is 4.63. The molecule has 0 saturated carbocycles. The zero-order chi connectivity index (χ0) is 12.8. The first kappa shape index (κ1) is 11.4. The Hall–Kier alpha value is -2.04. The molecule has 90 valence electrons. The molecule has 17 heavy (non-hydrogen) atoms. The number of hydrogen-bond acceptors (Lipinski definition) is 4. The van der Waals surface area contributed by atoms with Crippen molar-refractivity contribution in [2.75, 3.05) is 0 Å². The van der Waals surface area contributed by atoms with Crippen LogP contribution in [0.2, 0.25) is 0 Å². The maximum absolute atomic E-state index is 11.8. The van der Waals surface area contributed by atoms with E-state index >= 15 is 0 Å². The van der Waals surface area contributed by atoms with Crippen LogP contribution in [0.15, 0.2) is 12.1 Å². The van der Waals surface area contributed by atoms with E-state index in [9.17, 15) is 14.7 Å². The largest absolute Gasteiger partial charge is 0.507 e. The lowest BCUT2D eigenvalue weighted by Crippen LogP contribution is -2.36. The molecule has 1 aromatic carbocycles. The van der Waals surface area contributed by atoms with Gasteiger partial charge in [-0.15, -0.1) is 0 Å². The van der Waals surface area contributed by atoms with Crippen LogP contribution in [0.1, 0.15) is 41.0 Å². The number of ether oxygens (including phenoxy) is 1. The number of ketones is 1. The van der Waals surface area contributed by atoms with Crippen LogP contribution in [0.25, 0.3) is 0 Å². The van der Waals surface area contributed by atoms with Crippen LogP contribution in [-0.4, -0.2) is 27.6 Å². The van der Waals surface area contributed by atoms with Gasteiger partial charge in [0.2, 0.25) is 0 Å². The van der Waals surface area contributed by atoms with E-state index in [4.69, 9.17) is 9.84 Å². The lowest BCUT2D eigenvalue weighted by molar-refractivity contribution is 0.0618. The van der Waals surface area contributed by atoms with Crippen molar-refractivity contribution in [3.8, 4) is 11.5 Å². The zero-order valence-corrected chi connectivity index (χ0v) is 9.48. The molecule has 0 aromatic heterocycles. The summed E-state index contributed by atoms with van der Waals surface area (Å²) in [4.78, 5) is 22.7. The summed E-state index contributed by atoms with van der Waals surface area (Å²) in [7, 11) is 0. The number of aromatic carboxylic acids is 1. The van der Waals surface area contributed by atoms with E-state index in [1.165, 1.54) is 6.07 Å². The molecular formula is C12H12O5. The second kappa shape index (κ2) is 3.48. The van der Waals surface area contributed by atoms with Crippen LogP contribution >= 0.6 is 0 Å². The molecule has 1 aliphatic heterocycles. The third kappa shape index (κ3) is 1.95. The van der Waals surface area contributed by atoms with Crippen LogP contribution in [0.5, 0.6) is 11.5 Å². The third-order valence-corrected chi connectivity index (χ3v) is 2.60. The van der Waals surface area contributed by atoms with Gasteiger partial charge in [-0.3, -0.25) is 4.79 Å². The Labute approximate surface area is 97.6 Å². The van der Waals surface area contributed by atoms with Crippen molar-refractivity contribution < 1.29 is 24.5 Å². The van der Waals surface area contributed by atoms with E-state index in [1.807, 2.05) is 0 Å². The van der Waals surface area contributed by atoms with Gasteiger partial charge >= 0.3 is 5.97 Å². The van der Waals surface area contributed by atoms with Gasteiger partial charge in [-0.2, -0.15) is 0 Å². The number of rotatable bonds is 1. The summed E-state index contributed by atoms with van der Waals surface area (Å²) in [5, 5.41) is 18.4. The summed E-state index contributed by atoms with van der Waals surface area (Å²) >= 11 is 0. The number of phenols is 1. The van der Waals surface area contributed by atoms with Gasteiger partial charge in [0, 0.05) is 6.07 Å². The first-order chi connectivity index (χ1) is 7.80. The van der Waals surface area contributed by atoms with E-state index in [1.54, 1.807) is 13.8 Å². The van der Waals surface area contributed by atoms with Gasteiger partial charge < -0.3 is 14.9 Å². The standard InChI is InChI=1S/C12H12O5/c1-12(2)5-9(14)6-3-7(11(15)16)8(13)4-10(6)17-12/h3-4,13H,5H2,1-2H3,(H,15,16). The molecule has 0 bridgehead atoms. The molecular weight excluding hydrogens is 224 g/mol. The van der Waals surface area contributed by atoms with Crippen LogP contribution in [0, 0.1) is 0 Å². The van der Waals surface area contributed by atoms with Gasteiger partial charge in [-0.05, 0) is 19.9 Å². The van der Waals surface area contributed by atoms with E-state index in [2.05, 4.69) is 0 Å². The van der Waals surface area contributed by atoms with E-state index in [0.717, 1.165) is 6.07 Å². The number of carbonyl (C=O) groups is 2. The van der Waals surface area contributed by atoms with Crippen LogP contribution in [0.3, 0.4) is 0 Å². The fraction of sp³-hybridized carbons (Fsp3) is 0.333. The topological polar surface area (TPSA) is 83.8 Å². The number of hydrogen-bond donors (Lipinski definition) is 2. The lowest BCUT2D eigenvalue weighted by atomic mass is 9.92. The van der Waals surface area contributed by atoms with Gasteiger partial charge in [0.05, 0.1) is 12.0 Å². The molecule has 0 fully saturated rings. The van der Waals surface area contributed by atoms with Crippen molar-refractivity contribution in [1.29, 1.82) is 0 Å². The number of Topliss-reactive ketones (excluding diaryl/α,β-unsaturated/α-hetero) is 1. The molecule has 0 spiro atoms. The fourth-order valence-electron chi connectivity index (χ4n) is 1.86. The van der Waals surface area contributed by atoms with Crippen molar-refractivity contribution in [2.24, 2.45) is 0 Å². The molecule has 2 rings (SSSR count). The van der Waals surface area contributed by atoms with Gasteiger partial charge in [-0.25, -0.2) is 4.79 Å². The van der Waals surface area contributed by atoms with Crippen molar-refractivity contribution >= 4 is 11.8 Å². The summed E-state index contributed by atoms with van der Waals surface area (Å²) in [6.07, 6.45) is 0.184. The number of carbonyl (C=O) groups excluding carboxylic acids is 1. The maximum atomic E-state index is 11.8. The summed E-state index contributed by atoms with van der Waals surface area (Å²) in [5.74, 6) is -1.63. The van der Waals surface area contributed by atoms with Gasteiger partial charge in [0.25, 0.3) is 0 Å². The highest BCUT2D eigenvalue weighted by molar-refractivity contribution is 6.03. The molecule has 0 aliphatic carbocycles. The fourth-order valence-corrected chi connectivity index (χ4v) is 1.86. The molecule has 0 radical (unpaired) electrons. The highest BCUT2D eigenvalue weighted by Crippen LogP contribution is 2.37. The number of aromatic hydroxyl groups is 1. The first-order valence-electron chi connectivity index (χ1n) is 5.13. The van der Waals surface area contributed by atoms with Crippen LogP contribution in [0.4, 0.5) is 0 Å². The predicted molar refractivity (Wildman–Crippen MR) is 58.7 cm³/mol. The highest BCUT2D eigenvalue weighted by Gasteiger charge is 2.33. The molecule has 1 aliphatic rings. The minimum Gasteiger partial charge on any atom is -0.507 e. The molecule has 0 saturated heterocycles. The minimum absolute atomic E-state index is 0.182. The maximum Gasteiger partial charge on any atom is 0.339 e. The van der Waals surface area contributed by atoms with Crippen molar-refractivity contribution in [3.63, 3.8) is 0 Å². The molecule has 0 amide bonds. The van der Waals surface area contributed by atoms with Crippen LogP contribution < -0.4 is 4.74 Å². The van der Waals surface area contributed by atoms with E-state index in [0.29, 0.717) is 0 Å². The van der Waals surface area contributed by atoms with Gasteiger partial charge in [0.1, 0.15) is 22.7 Å². The van der Waals surface area contributed by atoms with Gasteiger partial charge in [0.15, 0.2) is 5.78 Å². The second-order valence-corrected chi connectivity index (χ2v) is 4.63. The SMILES string of the molecule is CC1(C)CC(=O)c2cc(C(=O)O)c(O)cc2O1. The Morgan fingerprint density at radius 1 is 1.41 bits per heavy atom. The van der Waals surface area contributed by atoms with Crippen molar-refractivity contribution in [1.82, 2.24) is 0 Å². The number of carboxylic acids is 1. The Bertz CT molecular complexity index is 516. The molecule has 2 N–H and O–H groups in total. The van der Waals surface area contributed by atoms with Gasteiger partial charge in [-0.1, -0.05) is 0 Å². The van der Waals surface area contributed by atoms with E-state index < -0.39 is 17.3 Å². The number of fused-ring (bicyclic) bond motifs is 1. The summed E-state index contributed by atoms with van der Waals surface area (Å²) in [6.45, 7) is 3.52. The Balaban J connectivity index is 2.58. The third-order valence-electron chi connectivity index (χ3n) is 2.60. The first-order valence-corrected chi connectivity index (χ1v) is 5.13. The van der Waals surface area contributed by atoms with E-state index in [-0.39, 0.29) is 29.1 Å². The monoisotopic (exact) mass is 236 g/mol. The minimum atomic E-state index is -1.28. The number of carboxylic acid groups (broad SMARTS) is 1. The molecule has 1 heterocycles. The average molecular weight is 236 g/mol. The molecule has 5 nitrogen and oxygen atoms in total. The zero-order valence-electron chi connectivity index (χ0n) is 9.48. The lowest BCUT2D eigenvalue weighted by Gasteiger charge is -2.31. The molecule has 0 unspecified atom stereocenters. The quantitative estimate of drug-likeness (QED) is 0.777. The Morgan fingerprint density at radius 3 is 2.65 bits per heavy atom. The highest BCUT2D eigenvalue weighted by atomic mass is 16.5. The Morgan fingerprint density at radius 2 is 2.06 bits per heavy atom.